The fraction of sp³-hybridized carbons (Fsp3) is 0.462. The molecule has 0 aliphatic rings. The smallest absolute Gasteiger partial charge is 0.412 e. The van der Waals surface area contributed by atoms with Crippen molar-refractivity contribution in [1.82, 2.24) is 0 Å². The molecule has 17 heavy (non-hydrogen) atoms. The van der Waals surface area contributed by atoms with Crippen LogP contribution in [0.4, 0.5) is 10.5 Å². The lowest BCUT2D eigenvalue weighted by molar-refractivity contribution is 0.0636. The number of alkyl halides is 1. The van der Waals surface area contributed by atoms with Crippen LogP contribution < -0.4 is 5.32 Å². The van der Waals surface area contributed by atoms with Crippen molar-refractivity contribution in [1.29, 1.82) is 0 Å². The van der Waals surface area contributed by atoms with Gasteiger partial charge in [-0.1, -0.05) is 28.1 Å². The zero-order valence-electron chi connectivity index (χ0n) is 10.4. The number of carbonyl (C=O) groups excluding carboxylic acids is 1. The van der Waals surface area contributed by atoms with E-state index < -0.39 is 11.7 Å². The highest BCUT2D eigenvalue weighted by atomic mass is 79.9. The first kappa shape index (κ1) is 14.0. The second-order valence-electron chi connectivity index (χ2n) is 4.77. The molecule has 0 aliphatic carbocycles. The molecular weight excluding hydrogens is 282 g/mol. The number of aryl methyl sites for hydroxylation is 1. The molecule has 0 aliphatic heterocycles. The van der Waals surface area contributed by atoms with Crippen molar-refractivity contribution < 1.29 is 9.53 Å². The monoisotopic (exact) mass is 299 g/mol. The fourth-order valence-corrected chi connectivity index (χ4v) is 1.79. The lowest BCUT2D eigenvalue weighted by Gasteiger charge is -2.19. The average Bonchev–Trinajstić information content (AvgIpc) is 2.15. The molecule has 4 heteroatoms. The largest absolute Gasteiger partial charge is 0.444 e. The number of carbonyl (C=O) groups is 1. The van der Waals surface area contributed by atoms with Gasteiger partial charge >= 0.3 is 6.09 Å². The second kappa shape index (κ2) is 6.05. The summed E-state index contributed by atoms with van der Waals surface area (Å²) in [6.07, 6.45) is 0.512. The molecule has 0 heterocycles. The van der Waals surface area contributed by atoms with Gasteiger partial charge in [0, 0.05) is 11.0 Å². The number of ether oxygens (including phenoxy) is 1. The van der Waals surface area contributed by atoms with E-state index in [0.717, 1.165) is 17.4 Å². The number of halogens is 1. The Morgan fingerprint density at radius 1 is 1.41 bits per heavy atom. The van der Waals surface area contributed by atoms with Gasteiger partial charge in [0.15, 0.2) is 0 Å². The van der Waals surface area contributed by atoms with Crippen LogP contribution in [-0.2, 0) is 11.2 Å². The van der Waals surface area contributed by atoms with Gasteiger partial charge in [0.05, 0.1) is 0 Å². The van der Waals surface area contributed by atoms with Crippen molar-refractivity contribution in [3.05, 3.63) is 29.8 Å². The van der Waals surface area contributed by atoms with Crippen LogP contribution in [0.25, 0.3) is 0 Å². The summed E-state index contributed by atoms with van der Waals surface area (Å²) < 4.78 is 5.18. The molecule has 1 N–H and O–H groups in total. The van der Waals surface area contributed by atoms with E-state index in [0.29, 0.717) is 0 Å². The molecule has 1 aromatic rings. The Morgan fingerprint density at radius 3 is 2.71 bits per heavy atom. The summed E-state index contributed by atoms with van der Waals surface area (Å²) in [7, 11) is 0. The summed E-state index contributed by atoms with van der Waals surface area (Å²) in [6, 6.07) is 7.75. The highest BCUT2D eigenvalue weighted by molar-refractivity contribution is 9.09. The maximum Gasteiger partial charge on any atom is 0.412 e. The number of benzene rings is 1. The van der Waals surface area contributed by atoms with Crippen LogP contribution in [0, 0.1) is 0 Å². The maximum atomic E-state index is 11.6. The molecule has 0 radical (unpaired) electrons. The van der Waals surface area contributed by atoms with Crippen molar-refractivity contribution in [3.63, 3.8) is 0 Å². The van der Waals surface area contributed by atoms with E-state index in [1.54, 1.807) is 0 Å². The molecule has 0 fully saturated rings. The predicted octanol–water partition coefficient (Wildman–Crippen LogP) is 3.97. The van der Waals surface area contributed by atoms with E-state index in [1.807, 2.05) is 45.0 Å². The van der Waals surface area contributed by atoms with Crippen LogP contribution in [0.15, 0.2) is 24.3 Å². The molecule has 0 atom stereocenters. The molecule has 0 unspecified atom stereocenters. The minimum atomic E-state index is -0.475. The zero-order chi connectivity index (χ0) is 12.9. The normalized spacial score (nSPS) is 11.1. The van der Waals surface area contributed by atoms with Gasteiger partial charge in [0.25, 0.3) is 0 Å². The highest BCUT2D eigenvalue weighted by Crippen LogP contribution is 2.14. The van der Waals surface area contributed by atoms with Crippen molar-refractivity contribution in [2.24, 2.45) is 0 Å². The third kappa shape index (κ3) is 5.73. The maximum absolute atomic E-state index is 11.6. The van der Waals surface area contributed by atoms with E-state index >= 15 is 0 Å². The number of hydrogen-bond acceptors (Lipinski definition) is 2. The van der Waals surface area contributed by atoms with Crippen molar-refractivity contribution in [3.8, 4) is 0 Å². The van der Waals surface area contributed by atoms with E-state index in [1.165, 1.54) is 5.56 Å². The van der Waals surface area contributed by atoms with Gasteiger partial charge in [0.1, 0.15) is 5.60 Å². The predicted molar refractivity (Wildman–Crippen MR) is 73.8 cm³/mol. The summed E-state index contributed by atoms with van der Waals surface area (Å²) in [5.41, 5.74) is 1.46. The van der Waals surface area contributed by atoms with Gasteiger partial charge in [-0.25, -0.2) is 4.79 Å². The highest BCUT2D eigenvalue weighted by Gasteiger charge is 2.16. The Bertz CT molecular complexity index is 385. The Kier molecular flexibility index (Phi) is 5.00. The summed E-state index contributed by atoms with van der Waals surface area (Å²) in [5.74, 6) is 0. The summed E-state index contributed by atoms with van der Waals surface area (Å²) in [6.45, 7) is 5.52. The number of nitrogens with one attached hydrogen (secondary N) is 1. The van der Waals surface area contributed by atoms with Gasteiger partial charge in [-0.3, -0.25) is 5.32 Å². The first-order valence-corrected chi connectivity index (χ1v) is 6.68. The van der Waals surface area contributed by atoms with Crippen LogP contribution in [0.2, 0.25) is 0 Å². The number of anilines is 1. The second-order valence-corrected chi connectivity index (χ2v) is 5.56. The quantitative estimate of drug-likeness (QED) is 0.858. The summed E-state index contributed by atoms with van der Waals surface area (Å²) in [4.78, 5) is 11.6. The summed E-state index contributed by atoms with van der Waals surface area (Å²) in [5, 5.41) is 3.63. The third-order valence-corrected chi connectivity index (χ3v) is 2.35. The van der Waals surface area contributed by atoms with Crippen molar-refractivity contribution in [2.75, 3.05) is 10.6 Å². The van der Waals surface area contributed by atoms with Crippen LogP contribution in [0.3, 0.4) is 0 Å². The minimum Gasteiger partial charge on any atom is -0.444 e. The third-order valence-electron chi connectivity index (χ3n) is 1.96. The lowest BCUT2D eigenvalue weighted by Crippen LogP contribution is -2.27. The Balaban J connectivity index is 2.62. The van der Waals surface area contributed by atoms with Crippen LogP contribution in [-0.4, -0.2) is 17.0 Å². The van der Waals surface area contributed by atoms with E-state index in [9.17, 15) is 4.79 Å². The summed E-state index contributed by atoms with van der Waals surface area (Å²) >= 11 is 3.39. The van der Waals surface area contributed by atoms with Crippen LogP contribution in [0.1, 0.15) is 26.3 Å². The molecule has 1 aromatic carbocycles. The molecule has 0 bridgehead atoms. The number of hydrogen-bond donors (Lipinski definition) is 1. The van der Waals surface area contributed by atoms with Crippen molar-refractivity contribution in [2.45, 2.75) is 32.8 Å². The van der Waals surface area contributed by atoms with Gasteiger partial charge in [-0.15, -0.1) is 0 Å². The van der Waals surface area contributed by atoms with E-state index in [2.05, 4.69) is 21.2 Å². The molecule has 3 nitrogen and oxygen atoms in total. The molecule has 0 spiro atoms. The Morgan fingerprint density at radius 2 is 2.12 bits per heavy atom. The lowest BCUT2D eigenvalue weighted by atomic mass is 10.1. The standard InChI is InChI=1S/C13H18BrNO2/c1-13(2,3)17-12(16)15-11-6-4-5-10(9-11)7-8-14/h4-6,9H,7-8H2,1-3H3,(H,15,16). The van der Waals surface area contributed by atoms with Gasteiger partial charge in [-0.2, -0.15) is 0 Å². The van der Waals surface area contributed by atoms with E-state index in [4.69, 9.17) is 4.74 Å². The average molecular weight is 300 g/mol. The molecular formula is C13H18BrNO2. The van der Waals surface area contributed by atoms with Gasteiger partial charge in [0.2, 0.25) is 0 Å². The van der Waals surface area contributed by atoms with Crippen LogP contribution >= 0.6 is 15.9 Å². The van der Waals surface area contributed by atoms with Gasteiger partial charge < -0.3 is 4.74 Å². The first-order chi connectivity index (χ1) is 7.90. The first-order valence-electron chi connectivity index (χ1n) is 5.55. The molecule has 1 amide bonds. The fourth-order valence-electron chi connectivity index (χ4n) is 1.34. The van der Waals surface area contributed by atoms with E-state index in [-0.39, 0.29) is 0 Å². The zero-order valence-corrected chi connectivity index (χ0v) is 12.0. The minimum absolute atomic E-state index is 0.423. The Labute approximate surface area is 111 Å². The molecule has 94 valence electrons. The Hall–Kier alpha value is -1.03. The number of amides is 1. The topological polar surface area (TPSA) is 38.3 Å². The molecule has 0 saturated carbocycles. The van der Waals surface area contributed by atoms with Crippen molar-refractivity contribution >= 4 is 27.7 Å². The van der Waals surface area contributed by atoms with Gasteiger partial charge in [-0.05, 0) is 44.9 Å². The SMILES string of the molecule is CC(C)(C)OC(=O)Nc1cccc(CCBr)c1. The molecule has 1 rings (SSSR count). The van der Waals surface area contributed by atoms with Crippen LogP contribution in [0.5, 0.6) is 0 Å². The molecule has 0 aromatic heterocycles. The molecule has 0 saturated heterocycles. The number of rotatable bonds is 3.